The van der Waals surface area contributed by atoms with Crippen LogP contribution in [0.15, 0.2) is 59.7 Å². The standard InChI is InChI=1S/C25H19Cl2F3N6O3/c26-15-5-1-13(2-6-15)19-20(14-3-7-16(27)8-4-14)36(24(39)35-10-9-31-18(37)12-35)21(33-19)17-11-32-23(25(28,29)30)34-22(17)38/h1-8,11,19-20H,9-10,12H2,(H,31,37)(H,32,34,38)/t19-,20+/m0/s1. The molecular weight excluding hydrogens is 560 g/mol. The van der Waals surface area contributed by atoms with Crippen molar-refractivity contribution in [2.24, 2.45) is 4.99 Å². The van der Waals surface area contributed by atoms with Gasteiger partial charge in [-0.3, -0.25) is 14.7 Å². The Kier molecular flexibility index (Phi) is 7.08. The lowest BCUT2D eigenvalue weighted by Crippen LogP contribution is -2.55. The number of carbonyl (C=O) groups excluding carboxylic acids is 2. The molecular formula is C25H19Cl2F3N6O3. The molecule has 2 atom stereocenters. The first-order chi connectivity index (χ1) is 18.5. The van der Waals surface area contributed by atoms with E-state index >= 15 is 0 Å². The molecule has 1 fully saturated rings. The van der Waals surface area contributed by atoms with Crippen LogP contribution < -0.4 is 5.32 Å². The Bertz CT molecular complexity index is 1450. The van der Waals surface area contributed by atoms with Crippen LogP contribution in [0.5, 0.6) is 5.88 Å². The third-order valence-electron chi connectivity index (χ3n) is 6.27. The van der Waals surface area contributed by atoms with Gasteiger partial charge in [-0.25, -0.2) is 9.78 Å². The quantitative estimate of drug-likeness (QED) is 0.471. The van der Waals surface area contributed by atoms with Crippen molar-refractivity contribution in [1.29, 1.82) is 0 Å². The van der Waals surface area contributed by atoms with E-state index in [0.29, 0.717) is 21.2 Å². The van der Waals surface area contributed by atoms with Gasteiger partial charge in [0.25, 0.3) is 0 Å². The zero-order valence-corrected chi connectivity index (χ0v) is 21.4. The molecule has 3 aromatic rings. The Hall–Kier alpha value is -3.90. The number of halogens is 5. The second kappa shape index (κ2) is 10.3. The molecule has 0 bridgehead atoms. The Morgan fingerprint density at radius 3 is 2.21 bits per heavy atom. The van der Waals surface area contributed by atoms with Crippen LogP contribution in [0.3, 0.4) is 0 Å². The number of amides is 3. The molecule has 2 aromatic carbocycles. The van der Waals surface area contributed by atoms with Crippen molar-refractivity contribution < 1.29 is 27.9 Å². The number of hydrogen-bond acceptors (Lipinski definition) is 6. The highest BCUT2D eigenvalue weighted by atomic mass is 35.5. The molecule has 3 heterocycles. The summed E-state index contributed by atoms with van der Waals surface area (Å²) in [5.41, 5.74) is 0.948. The summed E-state index contributed by atoms with van der Waals surface area (Å²) >= 11 is 12.2. The summed E-state index contributed by atoms with van der Waals surface area (Å²) in [5.74, 6) is -3.07. The Morgan fingerprint density at radius 1 is 1.03 bits per heavy atom. The highest BCUT2D eigenvalue weighted by Crippen LogP contribution is 2.45. The molecule has 0 saturated carbocycles. The van der Waals surface area contributed by atoms with Crippen LogP contribution in [-0.2, 0) is 11.0 Å². The van der Waals surface area contributed by atoms with Gasteiger partial charge in [0.2, 0.25) is 17.6 Å². The molecule has 0 radical (unpaired) electrons. The summed E-state index contributed by atoms with van der Waals surface area (Å²) in [6.45, 7) is 0.158. The van der Waals surface area contributed by atoms with Gasteiger partial charge in [-0.15, -0.1) is 0 Å². The normalized spacial score (nSPS) is 19.6. The minimum Gasteiger partial charge on any atom is -0.493 e. The molecule has 1 saturated heterocycles. The van der Waals surface area contributed by atoms with Crippen molar-refractivity contribution in [3.8, 4) is 5.88 Å². The van der Waals surface area contributed by atoms with Gasteiger partial charge in [0.15, 0.2) is 0 Å². The number of aromatic nitrogens is 2. The summed E-state index contributed by atoms with van der Waals surface area (Å²) in [5, 5.41) is 14.1. The molecule has 2 aliphatic rings. The van der Waals surface area contributed by atoms with Crippen LogP contribution in [-0.4, -0.2) is 62.3 Å². The molecule has 3 amide bonds. The lowest BCUT2D eigenvalue weighted by molar-refractivity contribution is -0.145. The second-order valence-electron chi connectivity index (χ2n) is 8.80. The molecule has 9 nitrogen and oxygen atoms in total. The van der Waals surface area contributed by atoms with E-state index in [1.165, 1.54) is 9.80 Å². The van der Waals surface area contributed by atoms with E-state index in [1.54, 1.807) is 48.5 Å². The maximum Gasteiger partial charge on any atom is 0.451 e. The summed E-state index contributed by atoms with van der Waals surface area (Å²) in [6, 6.07) is 11.1. The summed E-state index contributed by atoms with van der Waals surface area (Å²) in [6.07, 6.45) is -4.13. The minimum absolute atomic E-state index is 0.155. The first-order valence-corrected chi connectivity index (χ1v) is 12.4. The monoisotopic (exact) mass is 578 g/mol. The molecule has 202 valence electrons. The molecule has 0 unspecified atom stereocenters. The number of hydrogen-bond donors (Lipinski definition) is 2. The maximum atomic E-state index is 14.0. The van der Waals surface area contributed by atoms with Gasteiger partial charge in [0.1, 0.15) is 18.4 Å². The van der Waals surface area contributed by atoms with Crippen LogP contribution in [0.1, 0.15) is 34.6 Å². The first-order valence-electron chi connectivity index (χ1n) is 11.6. The fraction of sp³-hybridized carbons (Fsp3) is 0.240. The SMILES string of the molecule is O=C1CN(C(=O)N2C(c3cnc(C(F)(F)F)nc3O)=N[C@@H](c3ccc(Cl)cc3)[C@H]2c2ccc(Cl)cc2)CCN1. The molecule has 5 rings (SSSR count). The topological polar surface area (TPSA) is 111 Å². The number of nitrogens with zero attached hydrogens (tertiary/aromatic N) is 5. The van der Waals surface area contributed by atoms with Gasteiger partial charge >= 0.3 is 12.2 Å². The third kappa shape index (κ3) is 5.34. The number of amidine groups is 1. The minimum atomic E-state index is -4.90. The lowest BCUT2D eigenvalue weighted by Gasteiger charge is -2.35. The number of piperazine rings is 1. The average molecular weight is 579 g/mol. The second-order valence-corrected chi connectivity index (χ2v) is 9.67. The number of aromatic hydroxyl groups is 1. The van der Waals surface area contributed by atoms with Crippen LogP contribution in [0.2, 0.25) is 10.0 Å². The fourth-order valence-corrected chi connectivity index (χ4v) is 4.73. The zero-order chi connectivity index (χ0) is 27.9. The predicted molar refractivity (Wildman–Crippen MR) is 135 cm³/mol. The van der Waals surface area contributed by atoms with Gasteiger partial charge in [-0.2, -0.15) is 18.2 Å². The number of rotatable bonds is 3. The van der Waals surface area contributed by atoms with Crippen LogP contribution >= 0.6 is 23.2 Å². The lowest BCUT2D eigenvalue weighted by atomic mass is 9.94. The van der Waals surface area contributed by atoms with Crippen molar-refractivity contribution >= 4 is 41.0 Å². The number of nitrogens with one attached hydrogen (secondary N) is 1. The largest absolute Gasteiger partial charge is 0.493 e. The zero-order valence-electron chi connectivity index (χ0n) is 19.9. The number of alkyl halides is 3. The van der Waals surface area contributed by atoms with E-state index in [4.69, 9.17) is 28.2 Å². The van der Waals surface area contributed by atoms with E-state index in [-0.39, 0.29) is 36.9 Å². The predicted octanol–water partition coefficient (Wildman–Crippen LogP) is 4.60. The number of benzene rings is 2. The van der Waals surface area contributed by atoms with Crippen molar-refractivity contribution in [1.82, 2.24) is 25.1 Å². The summed E-state index contributed by atoms with van der Waals surface area (Å²) in [4.78, 5) is 39.9. The van der Waals surface area contributed by atoms with Crippen LogP contribution in [0.4, 0.5) is 18.0 Å². The van der Waals surface area contributed by atoms with E-state index in [9.17, 15) is 27.9 Å². The summed E-state index contributed by atoms with van der Waals surface area (Å²) in [7, 11) is 0. The molecule has 2 aliphatic heterocycles. The number of urea groups is 1. The Balaban J connectivity index is 1.68. The smallest absolute Gasteiger partial charge is 0.451 e. The highest BCUT2D eigenvalue weighted by Gasteiger charge is 2.46. The van der Waals surface area contributed by atoms with E-state index in [2.05, 4.69) is 15.3 Å². The third-order valence-corrected chi connectivity index (χ3v) is 6.77. The van der Waals surface area contributed by atoms with Crippen LogP contribution in [0.25, 0.3) is 0 Å². The van der Waals surface area contributed by atoms with Gasteiger partial charge in [0.05, 0.1) is 11.6 Å². The molecule has 1 aromatic heterocycles. The molecule has 39 heavy (non-hydrogen) atoms. The fourth-order valence-electron chi connectivity index (χ4n) is 4.48. The highest BCUT2D eigenvalue weighted by molar-refractivity contribution is 6.30. The van der Waals surface area contributed by atoms with Gasteiger partial charge in [-0.05, 0) is 35.4 Å². The van der Waals surface area contributed by atoms with Crippen molar-refractivity contribution in [2.45, 2.75) is 18.3 Å². The van der Waals surface area contributed by atoms with Crippen molar-refractivity contribution in [3.05, 3.63) is 87.3 Å². The average Bonchev–Trinajstić information content (AvgIpc) is 3.28. The number of carbonyl (C=O) groups is 2. The molecule has 2 N–H and O–H groups in total. The summed E-state index contributed by atoms with van der Waals surface area (Å²) < 4.78 is 39.6. The Morgan fingerprint density at radius 2 is 1.64 bits per heavy atom. The van der Waals surface area contributed by atoms with E-state index in [1.807, 2.05) is 0 Å². The Labute approximate surface area is 229 Å². The van der Waals surface area contributed by atoms with Crippen molar-refractivity contribution in [2.75, 3.05) is 19.6 Å². The maximum absolute atomic E-state index is 14.0. The van der Waals surface area contributed by atoms with Crippen LogP contribution in [0, 0.1) is 0 Å². The van der Waals surface area contributed by atoms with Gasteiger partial charge in [0, 0.05) is 29.3 Å². The van der Waals surface area contributed by atoms with Crippen molar-refractivity contribution in [3.63, 3.8) is 0 Å². The van der Waals surface area contributed by atoms with Gasteiger partial charge in [-0.1, -0.05) is 47.5 Å². The number of aliphatic imine (C=N–C) groups is 1. The molecule has 0 spiro atoms. The van der Waals surface area contributed by atoms with E-state index in [0.717, 1.165) is 6.20 Å². The first kappa shape index (κ1) is 26.7. The molecule has 14 heteroatoms. The molecule has 0 aliphatic carbocycles. The van der Waals surface area contributed by atoms with Gasteiger partial charge < -0.3 is 15.3 Å². The van der Waals surface area contributed by atoms with E-state index < -0.39 is 36.0 Å².